The highest BCUT2D eigenvalue weighted by Gasteiger charge is 2.36. The largest absolute Gasteiger partial charge is 0.497 e. The summed E-state index contributed by atoms with van der Waals surface area (Å²) in [5, 5.41) is 2.88. The molecule has 1 saturated heterocycles. The van der Waals surface area contributed by atoms with Crippen molar-refractivity contribution >= 4 is 12.0 Å². The van der Waals surface area contributed by atoms with E-state index in [1.807, 2.05) is 17.0 Å². The van der Waals surface area contributed by atoms with Crippen LogP contribution in [0.1, 0.15) is 37.7 Å². The summed E-state index contributed by atoms with van der Waals surface area (Å²) in [6.45, 7) is 3.24. The maximum atomic E-state index is 12.6. The molecular formula is C19H28N2O5. The number of carbonyl (C=O) groups excluding carboxylic acids is 2. The first kappa shape index (κ1) is 19.9. The number of unbranched alkanes of at least 4 members (excludes halogenated alkanes) is 1. The molecule has 1 aromatic carbocycles. The van der Waals surface area contributed by atoms with Crippen molar-refractivity contribution in [1.29, 1.82) is 0 Å². The highest BCUT2D eigenvalue weighted by molar-refractivity contribution is 5.79. The molecule has 7 nitrogen and oxygen atoms in total. The molecule has 0 aliphatic carbocycles. The smallest absolute Gasteiger partial charge is 0.407 e. The van der Waals surface area contributed by atoms with E-state index < -0.39 is 6.09 Å². The van der Waals surface area contributed by atoms with E-state index in [-0.39, 0.29) is 17.9 Å². The molecule has 1 heterocycles. The molecule has 0 saturated carbocycles. The van der Waals surface area contributed by atoms with Crippen LogP contribution in [-0.4, -0.2) is 57.4 Å². The first-order valence-electron chi connectivity index (χ1n) is 8.87. The highest BCUT2D eigenvalue weighted by atomic mass is 16.5. The molecular weight excluding hydrogens is 336 g/mol. The molecule has 1 fully saturated rings. The molecule has 0 unspecified atom stereocenters. The number of piperidine rings is 1. The van der Waals surface area contributed by atoms with Gasteiger partial charge in [0.1, 0.15) is 11.5 Å². The number of alkyl carbamates (subject to hydrolysis) is 1. The Labute approximate surface area is 154 Å². The van der Waals surface area contributed by atoms with Crippen LogP contribution in [0.2, 0.25) is 0 Å². The number of benzene rings is 1. The van der Waals surface area contributed by atoms with Crippen LogP contribution in [0.25, 0.3) is 0 Å². The zero-order valence-electron chi connectivity index (χ0n) is 15.9. The average molecular weight is 364 g/mol. The Balaban J connectivity index is 2.31. The van der Waals surface area contributed by atoms with Crippen molar-refractivity contribution in [3.63, 3.8) is 0 Å². The van der Waals surface area contributed by atoms with Crippen molar-refractivity contribution in [2.45, 2.75) is 38.1 Å². The van der Waals surface area contributed by atoms with Gasteiger partial charge in [0.2, 0.25) is 5.91 Å². The SMILES string of the molecule is CCCCN1C[C@@H](NC(=O)OC)[C@H](c2cc(OC)cc(OC)c2)CC1=O. The zero-order valence-corrected chi connectivity index (χ0v) is 15.9. The van der Waals surface area contributed by atoms with Gasteiger partial charge in [-0.2, -0.15) is 0 Å². The lowest BCUT2D eigenvalue weighted by Crippen LogP contribution is -2.53. The fourth-order valence-electron chi connectivity index (χ4n) is 3.24. The van der Waals surface area contributed by atoms with Gasteiger partial charge in [0.05, 0.1) is 27.4 Å². The van der Waals surface area contributed by atoms with Crippen LogP contribution in [0.15, 0.2) is 18.2 Å². The first-order valence-corrected chi connectivity index (χ1v) is 8.87. The van der Waals surface area contributed by atoms with Crippen LogP contribution in [0.4, 0.5) is 4.79 Å². The number of methoxy groups -OCH3 is 3. The number of hydrogen-bond donors (Lipinski definition) is 1. The van der Waals surface area contributed by atoms with E-state index in [2.05, 4.69) is 12.2 Å². The summed E-state index contributed by atoms with van der Waals surface area (Å²) in [4.78, 5) is 26.2. The second-order valence-corrected chi connectivity index (χ2v) is 6.39. The number of ether oxygens (including phenoxy) is 3. The van der Waals surface area contributed by atoms with E-state index in [1.54, 1.807) is 20.3 Å². The maximum absolute atomic E-state index is 12.6. The summed E-state index contributed by atoms with van der Waals surface area (Å²) in [5.41, 5.74) is 0.895. The van der Waals surface area contributed by atoms with Gasteiger partial charge >= 0.3 is 6.09 Å². The summed E-state index contributed by atoms with van der Waals surface area (Å²) < 4.78 is 15.4. The molecule has 0 spiro atoms. The standard InChI is InChI=1S/C19H28N2O5/c1-5-6-7-21-12-17(20-19(23)26-4)16(11-18(21)22)13-8-14(24-2)10-15(9-13)25-3/h8-10,16-17H,5-7,11-12H2,1-4H3,(H,20,23)/t16-,17+/m0/s1. The predicted molar refractivity (Wildman–Crippen MR) is 97.7 cm³/mol. The van der Waals surface area contributed by atoms with Gasteiger partial charge < -0.3 is 24.4 Å². The Kier molecular flexibility index (Phi) is 7.12. The van der Waals surface area contributed by atoms with Gasteiger partial charge in [0.25, 0.3) is 0 Å². The highest BCUT2D eigenvalue weighted by Crippen LogP contribution is 2.34. The number of nitrogens with zero attached hydrogens (tertiary/aromatic N) is 1. The molecule has 0 radical (unpaired) electrons. The Morgan fingerprint density at radius 2 is 1.85 bits per heavy atom. The minimum absolute atomic E-state index is 0.0909. The molecule has 26 heavy (non-hydrogen) atoms. The van der Waals surface area contributed by atoms with Crippen LogP contribution >= 0.6 is 0 Å². The third-order valence-corrected chi connectivity index (χ3v) is 4.72. The van der Waals surface area contributed by atoms with Crippen LogP contribution in [0, 0.1) is 0 Å². The first-order chi connectivity index (χ1) is 12.5. The fraction of sp³-hybridized carbons (Fsp3) is 0.579. The summed E-state index contributed by atoms with van der Waals surface area (Å²) in [5.74, 6) is 1.21. The van der Waals surface area contributed by atoms with Crippen molar-refractivity contribution in [3.8, 4) is 11.5 Å². The lowest BCUT2D eigenvalue weighted by molar-refractivity contribution is -0.134. The Morgan fingerprint density at radius 3 is 2.38 bits per heavy atom. The molecule has 7 heteroatoms. The van der Waals surface area contributed by atoms with Crippen LogP contribution in [0.3, 0.4) is 0 Å². The normalized spacial score (nSPS) is 19.8. The topological polar surface area (TPSA) is 77.1 Å². The average Bonchev–Trinajstić information content (AvgIpc) is 2.67. The van der Waals surface area contributed by atoms with Crippen molar-refractivity contribution in [3.05, 3.63) is 23.8 Å². The van der Waals surface area contributed by atoms with E-state index in [1.165, 1.54) is 7.11 Å². The van der Waals surface area contributed by atoms with Gasteiger partial charge in [-0.15, -0.1) is 0 Å². The van der Waals surface area contributed by atoms with Gasteiger partial charge in [-0.05, 0) is 24.1 Å². The van der Waals surface area contributed by atoms with Crippen molar-refractivity contribution < 1.29 is 23.8 Å². The molecule has 1 aliphatic rings. The zero-order chi connectivity index (χ0) is 19.1. The monoisotopic (exact) mass is 364 g/mol. The molecule has 1 aliphatic heterocycles. The quantitative estimate of drug-likeness (QED) is 0.805. The number of hydrogen-bond acceptors (Lipinski definition) is 5. The van der Waals surface area contributed by atoms with Crippen LogP contribution in [0.5, 0.6) is 11.5 Å². The van der Waals surface area contributed by atoms with Crippen LogP contribution < -0.4 is 14.8 Å². The van der Waals surface area contributed by atoms with E-state index in [4.69, 9.17) is 14.2 Å². The van der Waals surface area contributed by atoms with Gasteiger partial charge in [0.15, 0.2) is 0 Å². The summed E-state index contributed by atoms with van der Waals surface area (Å²) in [7, 11) is 4.50. The minimum Gasteiger partial charge on any atom is -0.497 e. The van der Waals surface area contributed by atoms with E-state index in [0.717, 1.165) is 18.4 Å². The fourth-order valence-corrected chi connectivity index (χ4v) is 3.24. The molecule has 1 N–H and O–H groups in total. The Morgan fingerprint density at radius 1 is 1.19 bits per heavy atom. The van der Waals surface area contributed by atoms with Gasteiger partial charge in [0, 0.05) is 31.5 Å². The number of nitrogens with one attached hydrogen (secondary N) is 1. The Hall–Kier alpha value is -2.44. The van der Waals surface area contributed by atoms with Gasteiger partial charge in [-0.3, -0.25) is 4.79 Å². The lowest BCUT2D eigenvalue weighted by atomic mass is 9.84. The second-order valence-electron chi connectivity index (χ2n) is 6.39. The molecule has 2 amide bonds. The van der Waals surface area contributed by atoms with E-state index >= 15 is 0 Å². The number of carbonyl (C=O) groups is 2. The Bertz CT molecular complexity index is 612. The maximum Gasteiger partial charge on any atom is 0.407 e. The summed E-state index contributed by atoms with van der Waals surface area (Å²) in [6, 6.07) is 5.31. The van der Waals surface area contributed by atoms with Crippen molar-refractivity contribution in [2.24, 2.45) is 0 Å². The van der Waals surface area contributed by atoms with Gasteiger partial charge in [-0.25, -0.2) is 4.79 Å². The number of likely N-dealkylation sites (tertiary alicyclic amines) is 1. The van der Waals surface area contributed by atoms with Crippen molar-refractivity contribution in [2.75, 3.05) is 34.4 Å². The molecule has 2 rings (SSSR count). The molecule has 2 atom stereocenters. The predicted octanol–water partition coefficient (Wildman–Crippen LogP) is 2.54. The minimum atomic E-state index is -0.500. The molecule has 1 aromatic rings. The molecule has 0 bridgehead atoms. The third-order valence-electron chi connectivity index (χ3n) is 4.72. The second kappa shape index (κ2) is 9.31. The lowest BCUT2D eigenvalue weighted by Gasteiger charge is -2.38. The van der Waals surface area contributed by atoms with Crippen molar-refractivity contribution in [1.82, 2.24) is 10.2 Å². The van der Waals surface area contributed by atoms with E-state index in [9.17, 15) is 9.59 Å². The number of amides is 2. The molecule has 0 aromatic heterocycles. The van der Waals surface area contributed by atoms with Gasteiger partial charge in [-0.1, -0.05) is 13.3 Å². The summed E-state index contributed by atoms with van der Waals surface area (Å²) in [6.07, 6.45) is 1.76. The summed E-state index contributed by atoms with van der Waals surface area (Å²) >= 11 is 0. The molecule has 144 valence electrons. The van der Waals surface area contributed by atoms with E-state index in [0.29, 0.717) is 31.0 Å². The number of rotatable bonds is 7. The third kappa shape index (κ3) is 4.80. The van der Waals surface area contributed by atoms with Crippen LogP contribution in [-0.2, 0) is 9.53 Å².